The summed E-state index contributed by atoms with van der Waals surface area (Å²) in [6.45, 7) is 12.2. The van der Waals surface area contributed by atoms with Crippen molar-refractivity contribution in [2.75, 3.05) is 45.9 Å². The van der Waals surface area contributed by atoms with Gasteiger partial charge >= 0.3 is 0 Å². The molecular weight excluding hydrogens is 295 g/mol. The molecule has 130 valence electrons. The van der Waals surface area contributed by atoms with Crippen LogP contribution in [0.1, 0.15) is 20.8 Å². The van der Waals surface area contributed by atoms with Crippen LogP contribution >= 0.6 is 0 Å². The van der Waals surface area contributed by atoms with E-state index in [1.165, 1.54) is 12.1 Å². The quantitative estimate of drug-likeness (QED) is 0.870. The van der Waals surface area contributed by atoms with Crippen LogP contribution in [0.5, 0.6) is 5.75 Å². The van der Waals surface area contributed by atoms with E-state index in [9.17, 15) is 9.50 Å². The summed E-state index contributed by atoms with van der Waals surface area (Å²) < 4.78 is 18.7. The predicted octanol–water partition coefficient (Wildman–Crippen LogP) is 2.23. The van der Waals surface area contributed by atoms with Crippen LogP contribution in [0.2, 0.25) is 0 Å². The van der Waals surface area contributed by atoms with Crippen LogP contribution in [-0.4, -0.2) is 66.9 Å². The maximum Gasteiger partial charge on any atom is 0.126 e. The van der Waals surface area contributed by atoms with E-state index in [1.54, 1.807) is 12.1 Å². The summed E-state index contributed by atoms with van der Waals surface area (Å²) in [7, 11) is 0. The van der Waals surface area contributed by atoms with Gasteiger partial charge in [0, 0.05) is 45.3 Å². The minimum Gasteiger partial charge on any atom is -0.492 e. The zero-order chi connectivity index (χ0) is 16.9. The van der Waals surface area contributed by atoms with Crippen LogP contribution in [0.25, 0.3) is 0 Å². The molecular formula is C18H29FN2O2. The fourth-order valence-corrected chi connectivity index (χ4v) is 2.56. The molecule has 0 amide bonds. The Kier molecular flexibility index (Phi) is 6.39. The Morgan fingerprint density at radius 3 is 2.43 bits per heavy atom. The number of β-amino-alcohol motifs (C(OH)–C–C–N with tert-alkyl or cyclic N) is 1. The van der Waals surface area contributed by atoms with Crippen LogP contribution in [-0.2, 0) is 0 Å². The number of piperazine rings is 1. The van der Waals surface area contributed by atoms with Crippen molar-refractivity contribution >= 4 is 0 Å². The molecule has 1 aliphatic heterocycles. The second kappa shape index (κ2) is 8.08. The summed E-state index contributed by atoms with van der Waals surface area (Å²) in [6.07, 6.45) is -0.301. The number of benzene rings is 1. The molecule has 0 bridgehead atoms. The van der Waals surface area contributed by atoms with Crippen molar-refractivity contribution in [3.63, 3.8) is 0 Å². The van der Waals surface area contributed by atoms with Crippen LogP contribution < -0.4 is 4.74 Å². The summed E-state index contributed by atoms with van der Waals surface area (Å²) in [5.41, 5.74) is -0.0735. The molecule has 1 aromatic rings. The highest BCUT2D eigenvalue weighted by Crippen LogP contribution is 2.20. The normalized spacial score (nSPS) is 18.8. The first-order chi connectivity index (χ1) is 10.8. The minimum atomic E-state index is -0.301. The summed E-state index contributed by atoms with van der Waals surface area (Å²) in [4.78, 5) is 4.67. The van der Waals surface area contributed by atoms with Gasteiger partial charge in [0.25, 0.3) is 0 Å². The van der Waals surface area contributed by atoms with Gasteiger partial charge in [-0.25, -0.2) is 4.39 Å². The van der Waals surface area contributed by atoms with Gasteiger partial charge in [-0.3, -0.25) is 9.80 Å². The Morgan fingerprint density at radius 2 is 1.83 bits per heavy atom. The Balaban J connectivity index is 1.65. The summed E-state index contributed by atoms with van der Waals surface area (Å²) in [6, 6.07) is 6.25. The lowest BCUT2D eigenvalue weighted by Gasteiger charge is -2.37. The Hall–Kier alpha value is -1.17. The van der Waals surface area contributed by atoms with Gasteiger partial charge in [-0.1, -0.05) is 26.8 Å². The number of hydrogen-bond donors (Lipinski definition) is 1. The van der Waals surface area contributed by atoms with E-state index in [0.29, 0.717) is 12.4 Å². The molecule has 23 heavy (non-hydrogen) atoms. The smallest absolute Gasteiger partial charge is 0.126 e. The predicted molar refractivity (Wildman–Crippen MR) is 90.2 cm³/mol. The molecule has 0 saturated carbocycles. The lowest BCUT2D eigenvalue weighted by Crippen LogP contribution is -2.50. The van der Waals surface area contributed by atoms with Crippen molar-refractivity contribution in [1.82, 2.24) is 9.80 Å². The van der Waals surface area contributed by atoms with Crippen molar-refractivity contribution in [2.45, 2.75) is 26.9 Å². The molecule has 0 aromatic heterocycles. The average molecular weight is 324 g/mol. The van der Waals surface area contributed by atoms with Gasteiger partial charge in [0.05, 0.1) is 6.10 Å². The summed E-state index contributed by atoms with van der Waals surface area (Å²) >= 11 is 0. The highest BCUT2D eigenvalue weighted by Gasteiger charge is 2.26. The number of aliphatic hydroxyl groups is 1. The minimum absolute atomic E-state index is 0.0735. The van der Waals surface area contributed by atoms with Crippen LogP contribution in [0, 0.1) is 11.2 Å². The van der Waals surface area contributed by atoms with Crippen molar-refractivity contribution in [3.05, 3.63) is 30.1 Å². The number of halogens is 1. The van der Waals surface area contributed by atoms with Crippen molar-refractivity contribution in [3.8, 4) is 5.75 Å². The molecule has 1 aliphatic rings. The molecule has 1 heterocycles. The molecule has 1 aromatic carbocycles. The van der Waals surface area contributed by atoms with E-state index in [4.69, 9.17) is 4.74 Å². The largest absolute Gasteiger partial charge is 0.492 e. The standard InChI is InChI=1S/C18H29FN2O2/c1-18(2,3)17(22)14-21-9-7-20(8-10-21)11-12-23-16-6-4-5-15(19)13-16/h4-6,13,17,22H,7-12,14H2,1-3H3/t17-/m1/s1. The van der Waals surface area contributed by atoms with Crippen molar-refractivity contribution in [1.29, 1.82) is 0 Å². The van der Waals surface area contributed by atoms with Gasteiger partial charge in [0.1, 0.15) is 18.2 Å². The van der Waals surface area contributed by atoms with E-state index < -0.39 is 0 Å². The fourth-order valence-electron chi connectivity index (χ4n) is 2.56. The third-order valence-electron chi connectivity index (χ3n) is 4.37. The second-order valence-corrected chi connectivity index (χ2v) is 7.33. The molecule has 1 N–H and O–H groups in total. The first kappa shape index (κ1) is 18.2. The zero-order valence-electron chi connectivity index (χ0n) is 14.5. The van der Waals surface area contributed by atoms with E-state index in [0.717, 1.165) is 39.3 Å². The molecule has 1 atom stereocenters. The number of hydrogen-bond acceptors (Lipinski definition) is 4. The number of rotatable bonds is 6. The molecule has 5 heteroatoms. The lowest BCUT2D eigenvalue weighted by atomic mass is 9.89. The van der Waals surface area contributed by atoms with Gasteiger partial charge in [-0.15, -0.1) is 0 Å². The number of aliphatic hydroxyl groups excluding tert-OH is 1. The van der Waals surface area contributed by atoms with E-state index >= 15 is 0 Å². The SMILES string of the molecule is CC(C)(C)[C@H](O)CN1CCN(CCOc2cccc(F)c2)CC1. The van der Waals surface area contributed by atoms with Gasteiger partial charge in [-0.2, -0.15) is 0 Å². The van der Waals surface area contributed by atoms with Crippen LogP contribution in [0.3, 0.4) is 0 Å². The Morgan fingerprint density at radius 1 is 1.17 bits per heavy atom. The first-order valence-electron chi connectivity index (χ1n) is 8.36. The lowest BCUT2D eigenvalue weighted by molar-refractivity contribution is 0.0122. The maximum atomic E-state index is 13.1. The zero-order valence-corrected chi connectivity index (χ0v) is 14.5. The monoisotopic (exact) mass is 324 g/mol. The van der Waals surface area contributed by atoms with Crippen LogP contribution in [0.4, 0.5) is 4.39 Å². The van der Waals surface area contributed by atoms with Crippen LogP contribution in [0.15, 0.2) is 24.3 Å². The first-order valence-corrected chi connectivity index (χ1v) is 8.36. The van der Waals surface area contributed by atoms with Gasteiger partial charge in [0.2, 0.25) is 0 Å². The fraction of sp³-hybridized carbons (Fsp3) is 0.667. The van der Waals surface area contributed by atoms with Gasteiger partial charge in [0.15, 0.2) is 0 Å². The maximum absolute atomic E-state index is 13.1. The van der Waals surface area contributed by atoms with Gasteiger partial charge < -0.3 is 9.84 Å². The molecule has 2 rings (SSSR count). The van der Waals surface area contributed by atoms with Crippen molar-refractivity contribution < 1.29 is 14.2 Å². The van der Waals surface area contributed by atoms with E-state index in [-0.39, 0.29) is 17.3 Å². The molecule has 1 fully saturated rings. The molecule has 0 spiro atoms. The summed E-state index contributed by atoms with van der Waals surface area (Å²) in [5, 5.41) is 10.2. The Bertz CT molecular complexity index is 482. The topological polar surface area (TPSA) is 35.9 Å². The van der Waals surface area contributed by atoms with E-state index in [2.05, 4.69) is 30.6 Å². The molecule has 1 saturated heterocycles. The molecule has 0 unspecified atom stereocenters. The Labute approximate surface area is 138 Å². The molecule has 0 aliphatic carbocycles. The highest BCUT2D eigenvalue weighted by atomic mass is 19.1. The summed E-state index contributed by atoms with van der Waals surface area (Å²) in [5.74, 6) is 0.311. The number of ether oxygens (including phenoxy) is 1. The highest BCUT2D eigenvalue weighted by molar-refractivity contribution is 5.22. The van der Waals surface area contributed by atoms with Crippen molar-refractivity contribution in [2.24, 2.45) is 5.41 Å². The third-order valence-corrected chi connectivity index (χ3v) is 4.37. The van der Waals surface area contributed by atoms with Gasteiger partial charge in [-0.05, 0) is 17.5 Å². The number of nitrogens with zero attached hydrogens (tertiary/aromatic N) is 2. The molecule has 4 nitrogen and oxygen atoms in total. The second-order valence-electron chi connectivity index (χ2n) is 7.33. The molecule has 0 radical (unpaired) electrons. The average Bonchev–Trinajstić information content (AvgIpc) is 2.48. The van der Waals surface area contributed by atoms with E-state index in [1.807, 2.05) is 0 Å². The third kappa shape index (κ3) is 6.09.